The van der Waals surface area contributed by atoms with Gasteiger partial charge in [0.05, 0.1) is 19.4 Å². The average Bonchev–Trinajstić information content (AvgIpc) is 3.26. The highest BCUT2D eigenvalue weighted by molar-refractivity contribution is 5.85. The van der Waals surface area contributed by atoms with Gasteiger partial charge in [0.1, 0.15) is 5.69 Å². The fraction of sp³-hybridized carbons (Fsp3) is 0.176. The van der Waals surface area contributed by atoms with Crippen LogP contribution in [0, 0.1) is 0 Å². The van der Waals surface area contributed by atoms with Gasteiger partial charge in [-0.05, 0) is 23.3 Å². The molecule has 0 spiro atoms. The molecule has 1 aromatic carbocycles. The van der Waals surface area contributed by atoms with Crippen molar-refractivity contribution in [3.63, 3.8) is 0 Å². The predicted molar refractivity (Wildman–Crippen MR) is 91.5 cm³/mol. The van der Waals surface area contributed by atoms with E-state index in [1.54, 1.807) is 30.2 Å². The van der Waals surface area contributed by atoms with E-state index in [9.17, 15) is 0 Å². The number of methoxy groups -OCH3 is 1. The van der Waals surface area contributed by atoms with Crippen LogP contribution in [-0.4, -0.2) is 32.1 Å². The molecule has 126 valence electrons. The third-order valence-corrected chi connectivity index (χ3v) is 3.77. The topological polar surface area (TPSA) is 105 Å². The summed E-state index contributed by atoms with van der Waals surface area (Å²) in [6, 6.07) is 11.7. The van der Waals surface area contributed by atoms with E-state index in [2.05, 4.69) is 26.3 Å². The Morgan fingerprint density at radius 3 is 2.84 bits per heavy atom. The highest BCUT2D eigenvalue weighted by Gasteiger charge is 2.17. The molecular formula is C17H16N6O2. The summed E-state index contributed by atoms with van der Waals surface area (Å²) in [7, 11) is 1.67. The van der Waals surface area contributed by atoms with Crippen LogP contribution in [0.2, 0.25) is 0 Å². The Balaban J connectivity index is 1.75. The fourth-order valence-corrected chi connectivity index (χ4v) is 2.72. The lowest BCUT2D eigenvalue weighted by atomic mass is 10.1. The maximum atomic E-state index is 5.87. The second-order valence-corrected chi connectivity index (χ2v) is 5.58. The fourth-order valence-electron chi connectivity index (χ4n) is 2.72. The maximum Gasteiger partial charge on any atom is 0.222 e. The van der Waals surface area contributed by atoms with Crippen molar-refractivity contribution >= 4 is 17.1 Å². The number of hydrogen-bond donors (Lipinski definition) is 1. The number of ether oxygens (including phenoxy) is 1. The van der Waals surface area contributed by atoms with Crippen molar-refractivity contribution in [2.24, 2.45) is 0 Å². The van der Waals surface area contributed by atoms with Gasteiger partial charge < -0.3 is 14.9 Å². The molecule has 0 amide bonds. The molecule has 3 heterocycles. The van der Waals surface area contributed by atoms with Crippen LogP contribution in [0.5, 0.6) is 0 Å². The molecule has 0 aliphatic carbocycles. The van der Waals surface area contributed by atoms with Crippen LogP contribution in [-0.2, 0) is 17.9 Å². The van der Waals surface area contributed by atoms with Gasteiger partial charge in [-0.25, -0.2) is 9.67 Å². The summed E-state index contributed by atoms with van der Waals surface area (Å²) < 4.78 is 12.3. The van der Waals surface area contributed by atoms with E-state index >= 15 is 0 Å². The highest BCUT2D eigenvalue weighted by Crippen LogP contribution is 2.25. The molecule has 0 saturated heterocycles. The van der Waals surface area contributed by atoms with Crippen LogP contribution in [0.25, 0.3) is 22.6 Å². The van der Waals surface area contributed by atoms with E-state index in [1.165, 1.54) is 0 Å². The number of aromatic nitrogens is 5. The Bertz CT molecular complexity index is 1010. The summed E-state index contributed by atoms with van der Waals surface area (Å²) in [5, 5.41) is 8.43. The Labute approximate surface area is 143 Å². The number of hydrogen-bond acceptors (Lipinski definition) is 7. The molecule has 0 aliphatic rings. The molecule has 0 bridgehead atoms. The number of rotatable bonds is 5. The van der Waals surface area contributed by atoms with Gasteiger partial charge in [0.25, 0.3) is 0 Å². The SMILES string of the molecule is COCc1cccc(Cn2nnc3c(-c4ccco4)nc(N)nc32)c1. The summed E-state index contributed by atoms with van der Waals surface area (Å²) >= 11 is 0. The summed E-state index contributed by atoms with van der Waals surface area (Å²) in [5.74, 6) is 0.726. The monoisotopic (exact) mass is 336 g/mol. The van der Waals surface area contributed by atoms with Crippen molar-refractivity contribution in [1.29, 1.82) is 0 Å². The minimum Gasteiger partial charge on any atom is -0.463 e. The molecular weight excluding hydrogens is 320 g/mol. The zero-order valence-electron chi connectivity index (χ0n) is 13.6. The van der Waals surface area contributed by atoms with E-state index < -0.39 is 0 Å². The van der Waals surface area contributed by atoms with Gasteiger partial charge in [0, 0.05) is 7.11 Å². The summed E-state index contributed by atoms with van der Waals surface area (Å²) in [6.07, 6.45) is 1.57. The lowest BCUT2D eigenvalue weighted by Gasteiger charge is -2.06. The van der Waals surface area contributed by atoms with Gasteiger partial charge in [-0.3, -0.25) is 0 Å². The van der Waals surface area contributed by atoms with Crippen molar-refractivity contribution in [2.75, 3.05) is 12.8 Å². The Morgan fingerprint density at radius 2 is 2.04 bits per heavy atom. The van der Waals surface area contributed by atoms with Gasteiger partial charge in [0.15, 0.2) is 16.9 Å². The minimum atomic E-state index is 0.149. The number of benzene rings is 1. The Hall–Kier alpha value is -3.26. The van der Waals surface area contributed by atoms with Crippen molar-refractivity contribution in [1.82, 2.24) is 25.0 Å². The Kier molecular flexibility index (Phi) is 3.87. The third-order valence-electron chi connectivity index (χ3n) is 3.77. The zero-order chi connectivity index (χ0) is 17.2. The van der Waals surface area contributed by atoms with Gasteiger partial charge in [-0.1, -0.05) is 29.5 Å². The molecule has 4 rings (SSSR count). The summed E-state index contributed by atoms with van der Waals surface area (Å²) in [5.41, 5.74) is 9.68. The maximum absolute atomic E-state index is 5.87. The first-order valence-electron chi connectivity index (χ1n) is 7.72. The van der Waals surface area contributed by atoms with Crippen LogP contribution < -0.4 is 5.73 Å². The number of nitrogen functional groups attached to an aromatic ring is 1. The van der Waals surface area contributed by atoms with Crippen LogP contribution in [0.15, 0.2) is 47.1 Å². The molecule has 0 fully saturated rings. The highest BCUT2D eigenvalue weighted by atomic mass is 16.5. The lowest BCUT2D eigenvalue weighted by molar-refractivity contribution is 0.185. The second-order valence-electron chi connectivity index (χ2n) is 5.58. The number of furan rings is 1. The number of anilines is 1. The standard InChI is InChI=1S/C17H16N6O2/c1-24-10-12-5-2-4-11(8-12)9-23-16-15(21-22-23)14(19-17(18)20-16)13-6-3-7-25-13/h2-8H,9-10H2,1H3,(H2,18,19,20). The summed E-state index contributed by atoms with van der Waals surface area (Å²) in [6.45, 7) is 1.08. The van der Waals surface area contributed by atoms with Gasteiger partial charge in [-0.2, -0.15) is 4.98 Å². The minimum absolute atomic E-state index is 0.149. The normalized spacial score (nSPS) is 11.2. The second kappa shape index (κ2) is 6.33. The molecule has 0 unspecified atom stereocenters. The molecule has 2 N–H and O–H groups in total. The molecule has 0 radical (unpaired) electrons. The van der Waals surface area contributed by atoms with E-state index in [1.807, 2.05) is 18.2 Å². The number of nitrogens with two attached hydrogens (primary N) is 1. The molecule has 3 aromatic heterocycles. The first-order valence-corrected chi connectivity index (χ1v) is 7.72. The van der Waals surface area contributed by atoms with Gasteiger partial charge in [0.2, 0.25) is 5.95 Å². The lowest BCUT2D eigenvalue weighted by Crippen LogP contribution is -2.05. The molecule has 0 atom stereocenters. The van der Waals surface area contributed by atoms with Crippen LogP contribution in [0.1, 0.15) is 11.1 Å². The van der Waals surface area contributed by atoms with Crippen LogP contribution in [0.4, 0.5) is 5.95 Å². The van der Waals surface area contributed by atoms with Crippen molar-refractivity contribution in [3.8, 4) is 11.5 Å². The molecule has 25 heavy (non-hydrogen) atoms. The van der Waals surface area contributed by atoms with Crippen LogP contribution in [0.3, 0.4) is 0 Å². The molecule has 0 saturated carbocycles. The van der Waals surface area contributed by atoms with E-state index in [4.69, 9.17) is 14.9 Å². The predicted octanol–water partition coefficient (Wildman–Crippen LogP) is 2.26. The summed E-state index contributed by atoms with van der Waals surface area (Å²) in [4.78, 5) is 8.54. The molecule has 0 aliphatic heterocycles. The van der Waals surface area contributed by atoms with E-state index in [0.29, 0.717) is 35.8 Å². The average molecular weight is 336 g/mol. The van der Waals surface area contributed by atoms with E-state index in [-0.39, 0.29) is 5.95 Å². The van der Waals surface area contributed by atoms with Gasteiger partial charge in [-0.15, -0.1) is 5.10 Å². The largest absolute Gasteiger partial charge is 0.463 e. The smallest absolute Gasteiger partial charge is 0.222 e. The van der Waals surface area contributed by atoms with Crippen molar-refractivity contribution < 1.29 is 9.15 Å². The van der Waals surface area contributed by atoms with E-state index in [0.717, 1.165) is 11.1 Å². The third kappa shape index (κ3) is 2.94. The first-order chi connectivity index (χ1) is 12.2. The number of fused-ring (bicyclic) bond motifs is 1. The first kappa shape index (κ1) is 15.3. The zero-order valence-corrected chi connectivity index (χ0v) is 13.6. The molecule has 4 aromatic rings. The quantitative estimate of drug-likeness (QED) is 0.596. The molecule has 8 heteroatoms. The van der Waals surface area contributed by atoms with Crippen molar-refractivity contribution in [2.45, 2.75) is 13.2 Å². The van der Waals surface area contributed by atoms with Crippen molar-refractivity contribution in [3.05, 3.63) is 53.8 Å². The van der Waals surface area contributed by atoms with Crippen LogP contribution >= 0.6 is 0 Å². The van der Waals surface area contributed by atoms with Gasteiger partial charge >= 0.3 is 0 Å². The molecule has 8 nitrogen and oxygen atoms in total. The Morgan fingerprint density at radius 1 is 1.16 bits per heavy atom. The number of nitrogens with zero attached hydrogens (tertiary/aromatic N) is 5.